The van der Waals surface area contributed by atoms with Gasteiger partial charge in [0, 0.05) is 22.3 Å². The number of benzene rings is 4. The van der Waals surface area contributed by atoms with E-state index in [-0.39, 0.29) is 236 Å². The van der Waals surface area contributed by atoms with Crippen molar-refractivity contribution < 1.29 is 266 Å². The Morgan fingerprint density at radius 3 is 0.680 bits per heavy atom. The van der Waals surface area contributed by atoms with Gasteiger partial charge in [-0.1, -0.05) is 12.1 Å². The summed E-state index contributed by atoms with van der Waals surface area (Å²) in [4.78, 5) is 22.3. The number of rotatable bonds is 24. The second kappa shape index (κ2) is 37.4. The molecule has 2 aliphatic heterocycles. The standard InChI is InChI=1S/C72H108N12O4.8HI.Zn/c1-77(2,3)41-53(42-78(4,5)6)85-49-25-29-57-61(33-49)69-37-66-58-30-26-50(86-54(43-79(7,8)9)44-80(10,11)12)34-62(58)71(74-66)39-68-60-32-28-52(88-56(47-83(19,20)21)48-84(22,23)24)36-64(60)72(76-68)40-67-59-31-27-51(35-63(59)70(75-67)38-65(57)73-69)87-55(45-81(13,14)15)46-82(16,17)18;;;;;;;;;/h25-40,53-56H,41-48H2,1-24H3;8*1H;/q+6;;;;;;;;;+2/p-8. The molecule has 25 heteroatoms. The van der Waals surface area contributed by atoms with Crippen LogP contribution in [0, 0.1) is 0 Å². The van der Waals surface area contributed by atoms with E-state index in [9.17, 15) is 0 Å². The van der Waals surface area contributed by atoms with E-state index in [0.29, 0.717) is 0 Å². The number of ether oxygens (including phenoxy) is 4. The number of halogens is 8. The number of aromatic nitrogens is 4. The van der Waals surface area contributed by atoms with Crippen LogP contribution in [0.3, 0.4) is 0 Å². The molecule has 97 heavy (non-hydrogen) atoms. The molecule has 0 amide bonds. The summed E-state index contributed by atoms with van der Waals surface area (Å²) in [6.45, 7) is 6.74. The fraction of sp³-hybridized carbons (Fsp3) is 0.500. The van der Waals surface area contributed by atoms with E-state index < -0.39 is 0 Å². The fourth-order valence-electron chi connectivity index (χ4n) is 12.7. The maximum absolute atomic E-state index is 7.05. The molecule has 0 radical (unpaired) electrons. The summed E-state index contributed by atoms with van der Waals surface area (Å²) in [5, 5.41) is 3.92. The number of fused-ring (bicyclic) bond motifs is 20. The van der Waals surface area contributed by atoms with Gasteiger partial charge in [-0.15, -0.1) is 22.1 Å². The molecule has 9 rings (SSSR count). The summed E-state index contributed by atoms with van der Waals surface area (Å²) in [6.07, 6.45) is -0.163. The van der Waals surface area contributed by atoms with E-state index in [1.165, 1.54) is 0 Å². The van der Waals surface area contributed by atoms with Gasteiger partial charge in [-0.3, -0.25) is 0 Å². The average Bonchev–Trinajstić information content (AvgIpc) is 1.61. The molecule has 8 bridgehead atoms. The number of likely N-dealkylation sites (N-methyl/N-ethyl adjacent to an activating group) is 8. The van der Waals surface area contributed by atoms with E-state index in [2.05, 4.69) is 266 Å². The van der Waals surface area contributed by atoms with Crippen LogP contribution < -0.4 is 221 Å². The van der Waals surface area contributed by atoms with Gasteiger partial charge in [0.25, 0.3) is 0 Å². The van der Waals surface area contributed by atoms with Gasteiger partial charge in [0.2, 0.25) is 0 Å². The van der Waals surface area contributed by atoms with E-state index in [1.54, 1.807) is 0 Å². The Morgan fingerprint density at radius 1 is 0.258 bits per heavy atom. The zero-order chi connectivity index (χ0) is 64.5. The molecule has 0 fully saturated rings. The van der Waals surface area contributed by atoms with E-state index in [0.717, 1.165) is 200 Å². The van der Waals surface area contributed by atoms with Crippen LogP contribution in [-0.4, -0.2) is 292 Å². The number of nitrogens with zero attached hydrogens (tertiary/aromatic N) is 12. The summed E-state index contributed by atoms with van der Waals surface area (Å²) < 4.78 is 34.4. The Balaban J connectivity index is 0.0000102. The average molecular weight is 2290 g/mol. The Bertz CT molecular complexity index is 3580. The first-order valence-electron chi connectivity index (χ1n) is 31.3. The Kier molecular flexibility index (Phi) is 37.4. The van der Waals surface area contributed by atoms with Crippen molar-refractivity contribution in [2.75, 3.05) is 222 Å². The minimum Gasteiger partial charge on any atom is -1.00 e. The molecule has 7 aromatic rings. The first-order valence-corrected chi connectivity index (χ1v) is 31.3. The molecule has 0 atom stereocenters. The first kappa shape index (κ1) is 96.9. The van der Waals surface area contributed by atoms with Gasteiger partial charge >= 0.3 is 19.5 Å². The minimum absolute atomic E-state index is 0. The molecular weight excluding hydrogens is 2180 g/mol. The summed E-state index contributed by atoms with van der Waals surface area (Å²) in [7, 11) is 53.5. The molecular formula is C72H108I8N12O4Zn. The predicted molar refractivity (Wildman–Crippen MR) is 364 cm³/mol. The minimum atomic E-state index is -0.0408. The third-order valence-electron chi connectivity index (χ3n) is 15.5. The smallest absolute Gasteiger partial charge is 1.00 e. The summed E-state index contributed by atoms with van der Waals surface area (Å²) in [5.74, 6) is 3.21. The summed E-state index contributed by atoms with van der Waals surface area (Å²) >= 11 is 0. The van der Waals surface area contributed by atoms with E-state index in [4.69, 9.17) is 38.9 Å². The summed E-state index contributed by atoms with van der Waals surface area (Å²) in [6, 6.07) is 34.5. The van der Waals surface area contributed by atoms with Crippen molar-refractivity contribution >= 4 is 43.6 Å². The third-order valence-corrected chi connectivity index (χ3v) is 15.5. The predicted octanol–water partition coefficient (Wildman–Crippen LogP) is -14.8. The van der Waals surface area contributed by atoms with E-state index in [1.807, 2.05) is 0 Å². The molecule has 3 aromatic heterocycles. The Labute approximate surface area is 731 Å². The van der Waals surface area contributed by atoms with Gasteiger partial charge in [0.1, 0.15) is 75.4 Å². The van der Waals surface area contributed by atoms with Gasteiger partial charge in [0.05, 0.1) is 192 Å². The van der Waals surface area contributed by atoms with Gasteiger partial charge in [-0.05, 0) is 106 Å². The maximum Gasteiger partial charge on any atom is 2.00 e. The third kappa shape index (κ3) is 28.6. The quantitative estimate of drug-likeness (QED) is 0.0336. The van der Waals surface area contributed by atoms with Crippen molar-refractivity contribution in [2.45, 2.75) is 24.4 Å². The number of hydrogen-bond acceptors (Lipinski definition) is 6. The Hall–Kier alpha value is -0.137. The van der Waals surface area contributed by atoms with Crippen molar-refractivity contribution in [1.82, 2.24) is 19.9 Å². The van der Waals surface area contributed by atoms with Crippen LogP contribution in [0.15, 0.2) is 97.1 Å². The second-order valence-electron chi connectivity index (χ2n) is 33.7. The molecule has 0 aliphatic carbocycles. The molecule has 0 N–H and O–H groups in total. The van der Waals surface area contributed by atoms with Crippen LogP contribution in [0.5, 0.6) is 23.0 Å². The van der Waals surface area contributed by atoms with E-state index >= 15 is 0 Å². The number of hydrogen-bond donors (Lipinski definition) is 0. The molecule has 538 valence electrons. The zero-order valence-electron chi connectivity index (χ0n) is 61.9. The van der Waals surface area contributed by atoms with Crippen LogP contribution in [0.4, 0.5) is 0 Å². The van der Waals surface area contributed by atoms with Gasteiger partial charge in [-0.25, -0.2) is 9.97 Å². The molecule has 2 aliphatic rings. The molecule has 0 spiro atoms. The van der Waals surface area contributed by atoms with Crippen LogP contribution in [-0.2, 0) is 19.5 Å². The van der Waals surface area contributed by atoms with Crippen molar-refractivity contribution in [3.8, 4) is 68.0 Å². The molecule has 0 saturated heterocycles. The first-order chi connectivity index (χ1) is 40.4. The molecule has 0 unspecified atom stereocenters. The van der Waals surface area contributed by atoms with Crippen molar-refractivity contribution in [3.63, 3.8) is 0 Å². The second-order valence-corrected chi connectivity index (χ2v) is 33.7. The topological polar surface area (TPSA) is 90.9 Å². The van der Waals surface area contributed by atoms with Gasteiger partial charge in [-0.2, -0.15) is 0 Å². The SMILES string of the molecule is C[N+](C)(C)CC(C[N+](C)(C)C)Oc1ccc2c(c1)-c1cc3[n-]c(cc4nc(cc5[n-]c(cc-2n1)c1cc(OC(C[N+](C)(C)C)C[N+](C)(C)C)ccc51)-c1cc(OC(C[N+](C)(C)C)C[N+](C)(C)C)ccc1-4)c1cc(OC(C[N+](C)(C)C)C[N+](C)(C)C)ccc31.[I-].[I-].[I-].[I-].[I-].[I-].[I-].[I-].[Zn+2]. The van der Waals surface area contributed by atoms with Gasteiger partial charge < -0.3 is 257 Å². The Morgan fingerprint density at radius 2 is 0.454 bits per heavy atom. The summed E-state index contributed by atoms with van der Waals surface area (Å²) in [5.41, 5.74) is 10.3. The monoisotopic (exact) mass is 2280 g/mol. The molecule has 4 aromatic carbocycles. The fourth-order valence-corrected chi connectivity index (χ4v) is 12.7. The zero-order valence-corrected chi connectivity index (χ0v) is 82.2. The molecule has 0 saturated carbocycles. The van der Waals surface area contributed by atoms with Crippen molar-refractivity contribution in [2.24, 2.45) is 0 Å². The van der Waals surface area contributed by atoms with Crippen LogP contribution in [0.1, 0.15) is 0 Å². The number of quaternary nitrogens is 8. The van der Waals surface area contributed by atoms with Crippen LogP contribution in [0.2, 0.25) is 0 Å². The van der Waals surface area contributed by atoms with Crippen LogP contribution >= 0.6 is 0 Å². The molecule has 5 heterocycles. The van der Waals surface area contributed by atoms with Crippen LogP contribution in [0.25, 0.3) is 88.6 Å². The maximum atomic E-state index is 7.05. The largest absolute Gasteiger partial charge is 2.00 e. The van der Waals surface area contributed by atoms with Gasteiger partial charge in [0.15, 0.2) is 24.4 Å². The van der Waals surface area contributed by atoms with Crippen molar-refractivity contribution in [1.29, 1.82) is 0 Å². The van der Waals surface area contributed by atoms with Crippen molar-refractivity contribution in [3.05, 3.63) is 97.1 Å². The normalized spacial score (nSPS) is 12.5. The molecule has 16 nitrogen and oxygen atoms in total.